The lowest BCUT2D eigenvalue weighted by atomic mass is 9.85. The van der Waals surface area contributed by atoms with Gasteiger partial charge in [0.1, 0.15) is 5.82 Å². The number of nitrogens with zero attached hydrogens (tertiary/aromatic N) is 5. The highest BCUT2D eigenvalue weighted by Gasteiger charge is 2.33. The molecule has 4 heterocycles. The Kier molecular flexibility index (Phi) is 5.44. The Morgan fingerprint density at radius 2 is 1.97 bits per heavy atom. The van der Waals surface area contributed by atoms with Crippen molar-refractivity contribution in [3.63, 3.8) is 0 Å². The summed E-state index contributed by atoms with van der Waals surface area (Å²) < 4.78 is 5.55. The maximum absolute atomic E-state index is 13.2. The molecule has 0 aromatic carbocycles. The molecular weight excluding hydrogens is 378 g/mol. The topological polar surface area (TPSA) is 75.4 Å². The third kappa shape index (κ3) is 3.82. The Morgan fingerprint density at radius 3 is 2.77 bits per heavy atom. The van der Waals surface area contributed by atoms with Crippen molar-refractivity contribution in [1.29, 1.82) is 0 Å². The number of rotatable bonds is 4. The molecule has 2 aromatic heterocycles. The normalized spacial score (nSPS) is 25.2. The number of piperidine rings is 2. The van der Waals surface area contributed by atoms with Gasteiger partial charge in [-0.25, -0.2) is 4.98 Å². The molecule has 2 aliphatic heterocycles. The third-order valence-electron chi connectivity index (χ3n) is 6.96. The van der Waals surface area contributed by atoms with E-state index >= 15 is 0 Å². The van der Waals surface area contributed by atoms with Gasteiger partial charge in [0.15, 0.2) is 0 Å². The monoisotopic (exact) mass is 409 g/mol. The summed E-state index contributed by atoms with van der Waals surface area (Å²) >= 11 is 0. The summed E-state index contributed by atoms with van der Waals surface area (Å²) in [5, 5.41) is 4.25. The summed E-state index contributed by atoms with van der Waals surface area (Å²) in [6, 6.07) is 3.93. The predicted octanol–water partition coefficient (Wildman–Crippen LogP) is 3.87. The number of hydrogen-bond donors (Lipinski definition) is 0. The molecule has 1 aliphatic carbocycles. The summed E-state index contributed by atoms with van der Waals surface area (Å²) in [7, 11) is 0. The number of hydrogen-bond acceptors (Lipinski definition) is 6. The molecule has 1 amide bonds. The van der Waals surface area contributed by atoms with Crippen LogP contribution in [0.4, 0.5) is 5.82 Å². The van der Waals surface area contributed by atoms with E-state index in [1.165, 1.54) is 12.8 Å². The zero-order valence-electron chi connectivity index (χ0n) is 17.8. The van der Waals surface area contributed by atoms with Crippen LogP contribution in [-0.2, 0) is 4.79 Å². The van der Waals surface area contributed by atoms with E-state index in [0.717, 1.165) is 69.0 Å². The summed E-state index contributed by atoms with van der Waals surface area (Å²) in [5.74, 6) is 3.59. The first kappa shape index (κ1) is 19.5. The van der Waals surface area contributed by atoms with Crippen molar-refractivity contribution in [2.75, 3.05) is 31.1 Å². The van der Waals surface area contributed by atoms with Crippen LogP contribution < -0.4 is 4.90 Å². The molecular formula is C23H31N5O2. The molecule has 3 aliphatic rings. The van der Waals surface area contributed by atoms with Gasteiger partial charge in [-0.3, -0.25) is 4.79 Å². The van der Waals surface area contributed by atoms with Crippen LogP contribution in [0.3, 0.4) is 0 Å². The molecule has 3 fully saturated rings. The van der Waals surface area contributed by atoms with Gasteiger partial charge in [-0.1, -0.05) is 18.5 Å². The van der Waals surface area contributed by atoms with E-state index < -0.39 is 0 Å². The van der Waals surface area contributed by atoms with Crippen LogP contribution >= 0.6 is 0 Å². The molecule has 2 aromatic rings. The van der Waals surface area contributed by atoms with Gasteiger partial charge in [0.25, 0.3) is 0 Å². The molecule has 2 unspecified atom stereocenters. The zero-order valence-corrected chi connectivity index (χ0v) is 17.8. The van der Waals surface area contributed by atoms with Crippen molar-refractivity contribution in [1.82, 2.24) is 20.0 Å². The number of likely N-dealkylation sites (tertiary alicyclic amines) is 1. The lowest BCUT2D eigenvalue weighted by molar-refractivity contribution is -0.137. The number of anilines is 1. The zero-order chi connectivity index (χ0) is 20.5. The Morgan fingerprint density at radius 1 is 1.10 bits per heavy atom. The summed E-state index contributed by atoms with van der Waals surface area (Å²) in [4.78, 5) is 26.9. The van der Waals surface area contributed by atoms with E-state index in [-0.39, 0.29) is 5.92 Å². The fourth-order valence-electron chi connectivity index (χ4n) is 5.01. The van der Waals surface area contributed by atoms with E-state index in [0.29, 0.717) is 30.1 Å². The lowest BCUT2D eigenvalue weighted by Crippen LogP contribution is -2.48. The van der Waals surface area contributed by atoms with Crippen LogP contribution in [0.15, 0.2) is 22.9 Å². The SMILES string of the molecule is CC1CCCN(C(=O)C2CCCN(c3ncccc3-c3noc(C4CCC4)n3)C2)C1. The average Bonchev–Trinajstić information content (AvgIpc) is 3.21. The van der Waals surface area contributed by atoms with Gasteiger partial charge in [0.2, 0.25) is 17.6 Å². The van der Waals surface area contributed by atoms with E-state index in [2.05, 4.69) is 31.8 Å². The van der Waals surface area contributed by atoms with Crippen molar-refractivity contribution < 1.29 is 9.32 Å². The van der Waals surface area contributed by atoms with Crippen molar-refractivity contribution in [2.45, 2.75) is 57.8 Å². The minimum atomic E-state index is 0.0368. The standard InChI is InChI=1S/C23H31N5O2/c1-16-6-4-13-28(14-16)23(29)18-9-5-12-27(15-18)21-19(10-3-11-24-21)20-25-22(30-26-20)17-7-2-8-17/h3,10-11,16-18H,2,4-9,12-15H2,1H3. The number of carbonyl (C=O) groups is 1. The van der Waals surface area contributed by atoms with E-state index in [1.54, 1.807) is 0 Å². The van der Waals surface area contributed by atoms with Gasteiger partial charge in [-0.2, -0.15) is 4.98 Å². The largest absolute Gasteiger partial charge is 0.355 e. The van der Waals surface area contributed by atoms with Gasteiger partial charge in [0, 0.05) is 38.3 Å². The Bertz CT molecular complexity index is 893. The van der Waals surface area contributed by atoms with Crippen LogP contribution in [0.1, 0.15) is 63.7 Å². The minimum absolute atomic E-state index is 0.0368. The van der Waals surface area contributed by atoms with Crippen LogP contribution in [0, 0.1) is 11.8 Å². The third-order valence-corrected chi connectivity index (χ3v) is 6.96. The molecule has 0 N–H and O–H groups in total. The van der Waals surface area contributed by atoms with Gasteiger partial charge < -0.3 is 14.3 Å². The quantitative estimate of drug-likeness (QED) is 0.763. The van der Waals surface area contributed by atoms with Gasteiger partial charge in [0.05, 0.1) is 11.5 Å². The first-order valence-corrected chi connectivity index (χ1v) is 11.5. The Labute approximate surface area is 177 Å². The van der Waals surface area contributed by atoms with E-state index in [9.17, 15) is 4.79 Å². The summed E-state index contributed by atoms with van der Waals surface area (Å²) in [5.41, 5.74) is 0.895. The molecule has 1 saturated carbocycles. The number of pyridine rings is 1. The number of carbonyl (C=O) groups excluding carboxylic acids is 1. The lowest BCUT2D eigenvalue weighted by Gasteiger charge is -2.38. The second-order valence-electron chi connectivity index (χ2n) is 9.28. The van der Waals surface area contributed by atoms with Crippen LogP contribution in [0.2, 0.25) is 0 Å². The molecule has 30 heavy (non-hydrogen) atoms. The van der Waals surface area contributed by atoms with E-state index in [4.69, 9.17) is 4.52 Å². The first-order valence-electron chi connectivity index (χ1n) is 11.5. The van der Waals surface area contributed by atoms with Gasteiger partial charge >= 0.3 is 0 Å². The molecule has 7 heteroatoms. The highest BCUT2D eigenvalue weighted by Crippen LogP contribution is 2.37. The number of amides is 1. The molecule has 5 rings (SSSR count). The summed E-state index contributed by atoms with van der Waals surface area (Å²) in [6.07, 6.45) is 9.61. The van der Waals surface area contributed by atoms with Crippen molar-refractivity contribution >= 4 is 11.7 Å². The van der Waals surface area contributed by atoms with Gasteiger partial charge in [-0.05, 0) is 56.6 Å². The fraction of sp³-hybridized carbons (Fsp3) is 0.652. The molecule has 0 spiro atoms. The average molecular weight is 410 g/mol. The maximum Gasteiger partial charge on any atom is 0.230 e. The van der Waals surface area contributed by atoms with Crippen molar-refractivity contribution in [3.8, 4) is 11.4 Å². The van der Waals surface area contributed by atoms with Crippen LogP contribution in [-0.4, -0.2) is 52.1 Å². The molecule has 2 atom stereocenters. The van der Waals surface area contributed by atoms with Gasteiger partial charge in [-0.15, -0.1) is 0 Å². The van der Waals surface area contributed by atoms with Crippen LogP contribution in [0.5, 0.6) is 0 Å². The molecule has 0 bridgehead atoms. The second kappa shape index (κ2) is 8.36. The molecule has 7 nitrogen and oxygen atoms in total. The van der Waals surface area contributed by atoms with Crippen molar-refractivity contribution in [3.05, 3.63) is 24.2 Å². The molecule has 0 radical (unpaired) electrons. The van der Waals surface area contributed by atoms with E-state index in [1.807, 2.05) is 18.3 Å². The second-order valence-corrected chi connectivity index (χ2v) is 9.28. The highest BCUT2D eigenvalue weighted by molar-refractivity contribution is 5.80. The van der Waals surface area contributed by atoms with Crippen LogP contribution in [0.25, 0.3) is 11.4 Å². The molecule has 2 saturated heterocycles. The number of aromatic nitrogens is 3. The Hall–Kier alpha value is -2.44. The van der Waals surface area contributed by atoms with Crippen molar-refractivity contribution in [2.24, 2.45) is 11.8 Å². The smallest absolute Gasteiger partial charge is 0.230 e. The molecule has 160 valence electrons. The fourth-order valence-corrected chi connectivity index (χ4v) is 5.01. The first-order chi connectivity index (χ1) is 14.7. The minimum Gasteiger partial charge on any atom is -0.355 e. The summed E-state index contributed by atoms with van der Waals surface area (Å²) in [6.45, 7) is 5.66. The Balaban J connectivity index is 1.34. The maximum atomic E-state index is 13.2. The highest BCUT2D eigenvalue weighted by atomic mass is 16.5. The predicted molar refractivity (Wildman–Crippen MR) is 114 cm³/mol.